The van der Waals surface area contributed by atoms with E-state index in [0.29, 0.717) is 5.56 Å². The zero-order valence-electron chi connectivity index (χ0n) is 15.4. The number of amides is 2. The monoisotopic (exact) mass is 370 g/mol. The predicted octanol–water partition coefficient (Wildman–Crippen LogP) is 2.18. The molecule has 0 saturated heterocycles. The van der Waals surface area contributed by atoms with Gasteiger partial charge in [0.2, 0.25) is 0 Å². The summed E-state index contributed by atoms with van der Waals surface area (Å²) in [5, 5.41) is 11.8. The number of rotatable bonds is 7. The fourth-order valence-electron chi connectivity index (χ4n) is 2.52. The number of aliphatic carboxylic acids is 1. The van der Waals surface area contributed by atoms with E-state index in [1.165, 1.54) is 31.1 Å². The number of ether oxygens (including phenoxy) is 1. The average Bonchev–Trinajstić information content (AvgIpc) is 2.67. The molecule has 2 aromatic carbocycles. The molecule has 0 saturated carbocycles. The van der Waals surface area contributed by atoms with Gasteiger partial charge in [0.05, 0.1) is 6.61 Å². The highest BCUT2D eigenvalue weighted by Gasteiger charge is 2.35. The summed E-state index contributed by atoms with van der Waals surface area (Å²) in [7, 11) is 3.00. The Balaban J connectivity index is 2.22. The summed E-state index contributed by atoms with van der Waals surface area (Å²) in [5.41, 5.74) is -0.355. The number of carboxylic acid groups (broad SMARTS) is 1. The SMILES string of the molecule is COCC(C)(NC(=O)c1cccc(C(=O)N(C)c2ccccc2)c1)C(=O)O. The smallest absolute Gasteiger partial charge is 0.331 e. The Hall–Kier alpha value is -3.19. The van der Waals surface area contributed by atoms with Crippen molar-refractivity contribution in [2.75, 3.05) is 25.7 Å². The van der Waals surface area contributed by atoms with E-state index in [1.807, 2.05) is 18.2 Å². The number of carbonyl (C=O) groups excluding carboxylic acids is 2. The maximum absolute atomic E-state index is 12.7. The molecule has 1 unspecified atom stereocenters. The Morgan fingerprint density at radius 2 is 1.70 bits per heavy atom. The molecule has 7 heteroatoms. The highest BCUT2D eigenvalue weighted by atomic mass is 16.5. The van der Waals surface area contributed by atoms with E-state index >= 15 is 0 Å². The van der Waals surface area contributed by atoms with Crippen molar-refractivity contribution in [2.45, 2.75) is 12.5 Å². The Kier molecular flexibility index (Phi) is 6.31. The third-order valence-electron chi connectivity index (χ3n) is 4.11. The van der Waals surface area contributed by atoms with E-state index < -0.39 is 17.4 Å². The number of benzene rings is 2. The van der Waals surface area contributed by atoms with Crippen LogP contribution in [-0.4, -0.2) is 49.2 Å². The molecule has 0 heterocycles. The molecule has 7 nitrogen and oxygen atoms in total. The van der Waals surface area contributed by atoms with Gasteiger partial charge >= 0.3 is 5.97 Å². The minimum Gasteiger partial charge on any atom is -0.479 e. The Morgan fingerprint density at radius 1 is 1.07 bits per heavy atom. The number of methoxy groups -OCH3 is 1. The van der Waals surface area contributed by atoms with Gasteiger partial charge < -0.3 is 20.1 Å². The van der Waals surface area contributed by atoms with Crippen LogP contribution in [0.3, 0.4) is 0 Å². The average molecular weight is 370 g/mol. The van der Waals surface area contributed by atoms with Crippen LogP contribution in [0, 0.1) is 0 Å². The molecule has 27 heavy (non-hydrogen) atoms. The van der Waals surface area contributed by atoms with E-state index in [1.54, 1.807) is 31.3 Å². The first kappa shape index (κ1) is 20.1. The van der Waals surface area contributed by atoms with Crippen molar-refractivity contribution in [3.63, 3.8) is 0 Å². The molecule has 0 aromatic heterocycles. The number of para-hydroxylation sites is 1. The lowest BCUT2D eigenvalue weighted by molar-refractivity contribution is -0.145. The maximum Gasteiger partial charge on any atom is 0.331 e. The maximum atomic E-state index is 12.7. The number of nitrogens with zero attached hydrogens (tertiary/aromatic N) is 1. The first-order valence-electron chi connectivity index (χ1n) is 8.26. The molecule has 2 rings (SSSR count). The van der Waals surface area contributed by atoms with Crippen LogP contribution in [0.1, 0.15) is 27.6 Å². The van der Waals surface area contributed by atoms with Crippen LogP contribution >= 0.6 is 0 Å². The van der Waals surface area contributed by atoms with E-state index in [2.05, 4.69) is 5.32 Å². The minimum absolute atomic E-state index is 0.186. The second-order valence-corrected chi connectivity index (χ2v) is 6.30. The normalized spacial score (nSPS) is 12.7. The van der Waals surface area contributed by atoms with Gasteiger partial charge in [-0.05, 0) is 37.3 Å². The second-order valence-electron chi connectivity index (χ2n) is 6.30. The topological polar surface area (TPSA) is 95.9 Å². The van der Waals surface area contributed by atoms with Crippen LogP contribution in [0.4, 0.5) is 5.69 Å². The molecule has 0 aliphatic carbocycles. The fourth-order valence-corrected chi connectivity index (χ4v) is 2.52. The first-order valence-corrected chi connectivity index (χ1v) is 8.26. The summed E-state index contributed by atoms with van der Waals surface area (Å²) < 4.78 is 4.89. The first-order chi connectivity index (χ1) is 12.8. The van der Waals surface area contributed by atoms with Gasteiger partial charge in [0, 0.05) is 31.0 Å². The van der Waals surface area contributed by atoms with E-state index in [0.717, 1.165) is 5.69 Å². The summed E-state index contributed by atoms with van der Waals surface area (Å²) in [5.74, 6) is -2.10. The van der Waals surface area contributed by atoms with Crippen molar-refractivity contribution in [3.8, 4) is 0 Å². The number of anilines is 1. The second kappa shape index (κ2) is 8.46. The number of carbonyl (C=O) groups is 3. The van der Waals surface area contributed by atoms with Crippen LogP contribution in [0.2, 0.25) is 0 Å². The van der Waals surface area contributed by atoms with Gasteiger partial charge in [0.1, 0.15) is 0 Å². The molecule has 2 amide bonds. The zero-order chi connectivity index (χ0) is 20.0. The van der Waals surface area contributed by atoms with Crippen molar-refractivity contribution >= 4 is 23.5 Å². The number of hydrogen-bond acceptors (Lipinski definition) is 4. The van der Waals surface area contributed by atoms with Crippen molar-refractivity contribution in [1.82, 2.24) is 5.32 Å². The molecule has 0 aliphatic rings. The van der Waals surface area contributed by atoms with Gasteiger partial charge in [-0.25, -0.2) is 4.79 Å². The lowest BCUT2D eigenvalue weighted by Gasteiger charge is -2.25. The molecular formula is C20H22N2O5. The number of hydrogen-bond donors (Lipinski definition) is 2. The zero-order valence-corrected chi connectivity index (χ0v) is 15.4. The highest BCUT2D eigenvalue weighted by molar-refractivity contribution is 6.07. The number of carboxylic acids is 1. The Morgan fingerprint density at radius 3 is 2.30 bits per heavy atom. The fraction of sp³-hybridized carbons (Fsp3) is 0.250. The third-order valence-corrected chi connectivity index (χ3v) is 4.11. The van der Waals surface area contributed by atoms with Gasteiger partial charge in [-0.1, -0.05) is 24.3 Å². The van der Waals surface area contributed by atoms with Crippen LogP contribution in [0.15, 0.2) is 54.6 Å². The molecule has 142 valence electrons. The predicted molar refractivity (Wildman–Crippen MR) is 101 cm³/mol. The molecule has 0 fully saturated rings. The van der Waals surface area contributed by atoms with Crippen LogP contribution in [-0.2, 0) is 9.53 Å². The minimum atomic E-state index is -1.58. The van der Waals surface area contributed by atoms with E-state index in [-0.39, 0.29) is 18.1 Å². The molecule has 0 bridgehead atoms. The highest BCUT2D eigenvalue weighted by Crippen LogP contribution is 2.16. The third kappa shape index (κ3) is 4.71. The molecule has 0 aliphatic heterocycles. The summed E-state index contributed by atoms with van der Waals surface area (Å²) in [6.45, 7) is 1.17. The van der Waals surface area contributed by atoms with E-state index in [9.17, 15) is 19.5 Å². The van der Waals surface area contributed by atoms with Gasteiger partial charge in [0.25, 0.3) is 11.8 Å². The largest absolute Gasteiger partial charge is 0.479 e. The number of nitrogens with one attached hydrogen (secondary N) is 1. The van der Waals surface area contributed by atoms with Crippen molar-refractivity contribution in [2.24, 2.45) is 0 Å². The Bertz CT molecular complexity index is 837. The summed E-state index contributed by atoms with van der Waals surface area (Å²) in [6.07, 6.45) is 0. The van der Waals surface area contributed by atoms with E-state index in [4.69, 9.17) is 4.74 Å². The quantitative estimate of drug-likeness (QED) is 0.779. The van der Waals surface area contributed by atoms with Gasteiger partial charge in [-0.3, -0.25) is 9.59 Å². The molecule has 2 aromatic rings. The summed E-state index contributed by atoms with van der Waals surface area (Å²) in [6, 6.07) is 15.2. The lowest BCUT2D eigenvalue weighted by Crippen LogP contribution is -2.55. The van der Waals surface area contributed by atoms with Crippen LogP contribution in [0.25, 0.3) is 0 Å². The molecule has 1 atom stereocenters. The Labute approximate surface area is 157 Å². The van der Waals surface area contributed by atoms with Gasteiger partial charge in [-0.2, -0.15) is 0 Å². The van der Waals surface area contributed by atoms with Crippen LogP contribution in [0.5, 0.6) is 0 Å². The molecule has 0 radical (unpaired) electrons. The summed E-state index contributed by atoms with van der Waals surface area (Å²) in [4.78, 5) is 38.1. The van der Waals surface area contributed by atoms with Crippen molar-refractivity contribution in [3.05, 3.63) is 65.7 Å². The molecular weight excluding hydrogens is 348 g/mol. The summed E-state index contributed by atoms with van der Waals surface area (Å²) >= 11 is 0. The van der Waals surface area contributed by atoms with Gasteiger partial charge in [-0.15, -0.1) is 0 Å². The molecule has 2 N–H and O–H groups in total. The van der Waals surface area contributed by atoms with Gasteiger partial charge in [0.15, 0.2) is 5.54 Å². The van der Waals surface area contributed by atoms with Crippen molar-refractivity contribution in [1.29, 1.82) is 0 Å². The lowest BCUT2D eigenvalue weighted by atomic mass is 10.0. The van der Waals surface area contributed by atoms with Crippen molar-refractivity contribution < 1.29 is 24.2 Å². The van der Waals surface area contributed by atoms with Crippen LogP contribution < -0.4 is 10.2 Å². The standard InChI is InChI=1S/C20H22N2O5/c1-20(13-27-3,19(25)26)21-17(23)14-8-7-9-15(12-14)18(24)22(2)16-10-5-4-6-11-16/h4-12H,13H2,1-3H3,(H,21,23)(H,25,26). The molecule has 0 spiro atoms.